The lowest BCUT2D eigenvalue weighted by molar-refractivity contribution is -0.137. The molecule has 0 atom stereocenters. The standard InChI is InChI=1S/C20H19F3N2O3/c1-12(2)11-28-19(27)25-9-8-17(26)15-6-7-16(24-18(15)25)13-4-3-5-14(10-13)20(21,22)23/h3-7,10,12H,8-9,11H2,1-2H3. The molecule has 1 amide bonds. The average Bonchev–Trinajstić information content (AvgIpc) is 2.65. The molecule has 1 aliphatic rings. The number of Topliss-reactive ketones (excluding diaryl/α,β-unsaturated/α-hetero) is 1. The van der Waals surface area contributed by atoms with Gasteiger partial charge < -0.3 is 4.74 Å². The van der Waals surface area contributed by atoms with Crippen LogP contribution < -0.4 is 4.90 Å². The molecule has 8 heteroatoms. The Morgan fingerprint density at radius 3 is 2.68 bits per heavy atom. The number of hydrogen-bond donors (Lipinski definition) is 0. The van der Waals surface area contributed by atoms with Gasteiger partial charge in [-0.05, 0) is 30.2 Å². The van der Waals surface area contributed by atoms with Crippen molar-refractivity contribution in [1.82, 2.24) is 4.98 Å². The van der Waals surface area contributed by atoms with Crippen LogP contribution in [-0.4, -0.2) is 30.0 Å². The molecule has 28 heavy (non-hydrogen) atoms. The summed E-state index contributed by atoms with van der Waals surface area (Å²) in [6.45, 7) is 4.11. The molecule has 0 unspecified atom stereocenters. The fourth-order valence-corrected chi connectivity index (χ4v) is 2.83. The number of ether oxygens (including phenoxy) is 1. The third-order valence-electron chi connectivity index (χ3n) is 4.24. The molecule has 148 valence electrons. The molecule has 0 saturated carbocycles. The number of pyridine rings is 1. The molecular formula is C20H19F3N2O3. The molecule has 2 heterocycles. The van der Waals surface area contributed by atoms with E-state index in [9.17, 15) is 22.8 Å². The highest BCUT2D eigenvalue weighted by Crippen LogP contribution is 2.33. The zero-order valence-corrected chi connectivity index (χ0v) is 15.4. The summed E-state index contributed by atoms with van der Waals surface area (Å²) in [5.74, 6) is 0.0742. The van der Waals surface area contributed by atoms with Crippen LogP contribution in [0.4, 0.5) is 23.8 Å². The SMILES string of the molecule is CC(C)COC(=O)N1CCC(=O)c2ccc(-c3cccc(C(F)(F)F)c3)nc21. The van der Waals surface area contributed by atoms with Crippen LogP contribution in [0.2, 0.25) is 0 Å². The van der Waals surface area contributed by atoms with Crippen LogP contribution in [-0.2, 0) is 10.9 Å². The van der Waals surface area contributed by atoms with Gasteiger partial charge in [0.25, 0.3) is 0 Å². The number of carbonyl (C=O) groups is 2. The fraction of sp³-hybridized carbons (Fsp3) is 0.350. The molecule has 1 aromatic carbocycles. The maximum absolute atomic E-state index is 13.0. The van der Waals surface area contributed by atoms with E-state index in [1.807, 2.05) is 13.8 Å². The topological polar surface area (TPSA) is 59.5 Å². The number of ketones is 1. The van der Waals surface area contributed by atoms with Crippen LogP contribution in [0.1, 0.15) is 36.2 Å². The number of rotatable bonds is 3. The number of aromatic nitrogens is 1. The highest BCUT2D eigenvalue weighted by Gasteiger charge is 2.32. The molecule has 3 rings (SSSR count). The second kappa shape index (κ2) is 7.61. The van der Waals surface area contributed by atoms with Crippen LogP contribution in [0.5, 0.6) is 0 Å². The second-order valence-corrected chi connectivity index (χ2v) is 6.94. The van der Waals surface area contributed by atoms with Crippen LogP contribution in [0.3, 0.4) is 0 Å². The minimum absolute atomic E-state index is 0.111. The lowest BCUT2D eigenvalue weighted by atomic mass is 10.0. The molecule has 0 spiro atoms. The molecular weight excluding hydrogens is 373 g/mol. The zero-order chi connectivity index (χ0) is 20.5. The third-order valence-corrected chi connectivity index (χ3v) is 4.24. The van der Waals surface area contributed by atoms with E-state index in [0.717, 1.165) is 12.1 Å². The summed E-state index contributed by atoms with van der Waals surface area (Å²) in [5, 5.41) is 0. The van der Waals surface area contributed by atoms with Crippen molar-refractivity contribution in [3.8, 4) is 11.3 Å². The van der Waals surface area contributed by atoms with Gasteiger partial charge in [0.2, 0.25) is 0 Å². The molecule has 0 radical (unpaired) electrons. The summed E-state index contributed by atoms with van der Waals surface area (Å²) in [6.07, 6.45) is -4.97. The van der Waals surface area contributed by atoms with Gasteiger partial charge >= 0.3 is 12.3 Å². The fourth-order valence-electron chi connectivity index (χ4n) is 2.83. The number of fused-ring (bicyclic) bond motifs is 1. The number of alkyl halides is 3. The Bertz CT molecular complexity index is 910. The number of carbonyl (C=O) groups excluding carboxylic acids is 2. The molecule has 0 aliphatic carbocycles. The first-order valence-corrected chi connectivity index (χ1v) is 8.83. The third kappa shape index (κ3) is 4.16. The van der Waals surface area contributed by atoms with Crippen LogP contribution in [0.25, 0.3) is 11.3 Å². The Kier molecular flexibility index (Phi) is 5.40. The van der Waals surface area contributed by atoms with Gasteiger partial charge in [-0.25, -0.2) is 9.78 Å². The monoisotopic (exact) mass is 392 g/mol. The number of halogens is 3. The molecule has 1 aromatic heterocycles. The minimum atomic E-state index is -4.48. The second-order valence-electron chi connectivity index (χ2n) is 6.94. The van der Waals surface area contributed by atoms with Gasteiger partial charge in [-0.2, -0.15) is 13.2 Å². The van der Waals surface area contributed by atoms with Crippen LogP contribution >= 0.6 is 0 Å². The normalized spacial score (nSPS) is 14.2. The van der Waals surface area contributed by atoms with Gasteiger partial charge in [0.15, 0.2) is 5.78 Å². The van der Waals surface area contributed by atoms with Crippen molar-refractivity contribution in [2.75, 3.05) is 18.1 Å². The number of hydrogen-bond acceptors (Lipinski definition) is 4. The smallest absolute Gasteiger partial charge is 0.416 e. The summed E-state index contributed by atoms with van der Waals surface area (Å²) >= 11 is 0. The Balaban J connectivity index is 1.99. The summed E-state index contributed by atoms with van der Waals surface area (Å²) in [6, 6.07) is 7.72. The predicted molar refractivity (Wildman–Crippen MR) is 97.2 cm³/mol. The van der Waals surface area contributed by atoms with E-state index < -0.39 is 17.8 Å². The maximum atomic E-state index is 13.0. The lowest BCUT2D eigenvalue weighted by Gasteiger charge is -2.27. The highest BCUT2D eigenvalue weighted by molar-refractivity contribution is 6.06. The van der Waals surface area contributed by atoms with E-state index >= 15 is 0 Å². The van der Waals surface area contributed by atoms with Crippen molar-refractivity contribution in [3.63, 3.8) is 0 Å². The Morgan fingerprint density at radius 2 is 2.00 bits per heavy atom. The van der Waals surface area contributed by atoms with E-state index in [-0.39, 0.29) is 53.9 Å². The van der Waals surface area contributed by atoms with Gasteiger partial charge in [-0.3, -0.25) is 9.69 Å². The van der Waals surface area contributed by atoms with E-state index in [1.54, 1.807) is 0 Å². The average molecular weight is 392 g/mol. The predicted octanol–water partition coefficient (Wildman–Crippen LogP) is 4.95. The minimum Gasteiger partial charge on any atom is -0.449 e. The van der Waals surface area contributed by atoms with Crippen molar-refractivity contribution in [2.24, 2.45) is 5.92 Å². The van der Waals surface area contributed by atoms with Gasteiger partial charge in [-0.15, -0.1) is 0 Å². The number of anilines is 1. The quantitative estimate of drug-likeness (QED) is 0.741. The van der Waals surface area contributed by atoms with E-state index in [0.29, 0.717) is 0 Å². The summed E-state index contributed by atoms with van der Waals surface area (Å²) in [7, 11) is 0. The van der Waals surface area contributed by atoms with E-state index in [1.165, 1.54) is 29.2 Å². The van der Waals surface area contributed by atoms with Crippen molar-refractivity contribution < 1.29 is 27.5 Å². The molecule has 0 saturated heterocycles. The Morgan fingerprint density at radius 1 is 1.25 bits per heavy atom. The Labute approximate surface area is 160 Å². The zero-order valence-electron chi connectivity index (χ0n) is 15.4. The molecule has 1 aliphatic heterocycles. The van der Waals surface area contributed by atoms with Gasteiger partial charge in [0, 0.05) is 18.5 Å². The molecule has 2 aromatic rings. The van der Waals surface area contributed by atoms with Crippen molar-refractivity contribution in [2.45, 2.75) is 26.4 Å². The summed E-state index contributed by atoms with van der Waals surface area (Å²) in [4.78, 5) is 30.2. The molecule has 0 N–H and O–H groups in total. The first kappa shape index (κ1) is 19.9. The maximum Gasteiger partial charge on any atom is 0.416 e. The number of amides is 1. The van der Waals surface area contributed by atoms with Crippen molar-refractivity contribution in [3.05, 3.63) is 47.5 Å². The summed E-state index contributed by atoms with van der Waals surface area (Å²) in [5.41, 5.74) is -0.0652. The Hall–Kier alpha value is -2.90. The van der Waals surface area contributed by atoms with Crippen LogP contribution in [0, 0.1) is 5.92 Å². The van der Waals surface area contributed by atoms with Crippen LogP contribution in [0.15, 0.2) is 36.4 Å². The van der Waals surface area contributed by atoms with E-state index in [2.05, 4.69) is 4.98 Å². The number of nitrogens with zero attached hydrogens (tertiary/aromatic N) is 2. The first-order chi connectivity index (χ1) is 13.2. The lowest BCUT2D eigenvalue weighted by Crippen LogP contribution is -2.39. The van der Waals surface area contributed by atoms with Crippen molar-refractivity contribution in [1.29, 1.82) is 0 Å². The van der Waals surface area contributed by atoms with Gasteiger partial charge in [-0.1, -0.05) is 26.0 Å². The highest BCUT2D eigenvalue weighted by atomic mass is 19.4. The first-order valence-electron chi connectivity index (χ1n) is 8.83. The van der Waals surface area contributed by atoms with Crippen molar-refractivity contribution >= 4 is 17.7 Å². The summed E-state index contributed by atoms with van der Waals surface area (Å²) < 4.78 is 44.2. The van der Waals surface area contributed by atoms with E-state index in [4.69, 9.17) is 4.74 Å². The number of benzene rings is 1. The van der Waals surface area contributed by atoms with Gasteiger partial charge in [0.05, 0.1) is 23.4 Å². The molecule has 0 bridgehead atoms. The molecule has 5 nitrogen and oxygen atoms in total. The largest absolute Gasteiger partial charge is 0.449 e. The molecule has 0 fully saturated rings. The van der Waals surface area contributed by atoms with Gasteiger partial charge in [0.1, 0.15) is 5.82 Å².